The van der Waals surface area contributed by atoms with Gasteiger partial charge in [0.2, 0.25) is 21.8 Å². The number of nitrogens with zero attached hydrogens (tertiary/aromatic N) is 2. The van der Waals surface area contributed by atoms with Crippen molar-refractivity contribution in [2.75, 3.05) is 23.7 Å². The molecule has 202 valence electrons. The largest absolute Gasteiger partial charge is 0.354 e. The number of para-hydroxylation sites is 1. The van der Waals surface area contributed by atoms with Crippen LogP contribution in [-0.4, -0.2) is 50.5 Å². The van der Waals surface area contributed by atoms with E-state index >= 15 is 0 Å². The molecule has 2 amide bonds. The van der Waals surface area contributed by atoms with Crippen molar-refractivity contribution < 1.29 is 18.0 Å². The first-order valence-corrected chi connectivity index (χ1v) is 14.8. The molecule has 0 fully saturated rings. The monoisotopic (exact) mass is 555 g/mol. The number of hydrogen-bond acceptors (Lipinski definition) is 4. The first-order chi connectivity index (χ1) is 18.2. The minimum atomic E-state index is -3.78. The van der Waals surface area contributed by atoms with E-state index in [0.717, 1.165) is 34.5 Å². The number of hydrogen-bond donors (Lipinski definition) is 1. The Hall–Kier alpha value is -3.36. The molecule has 0 aliphatic rings. The lowest BCUT2D eigenvalue weighted by molar-refractivity contribution is -0.140. The van der Waals surface area contributed by atoms with Gasteiger partial charge in [0, 0.05) is 24.5 Å². The topological polar surface area (TPSA) is 86.8 Å². The van der Waals surface area contributed by atoms with E-state index in [9.17, 15) is 18.0 Å². The molecule has 0 spiro atoms. The van der Waals surface area contributed by atoms with Gasteiger partial charge in [0.1, 0.15) is 12.6 Å². The fourth-order valence-electron chi connectivity index (χ4n) is 4.05. The summed E-state index contributed by atoms with van der Waals surface area (Å²) in [5.41, 5.74) is 2.04. The lowest BCUT2D eigenvalue weighted by Crippen LogP contribution is -2.53. The van der Waals surface area contributed by atoms with Gasteiger partial charge in [-0.2, -0.15) is 0 Å². The Morgan fingerprint density at radius 1 is 0.895 bits per heavy atom. The van der Waals surface area contributed by atoms with Gasteiger partial charge in [0.05, 0.1) is 11.9 Å². The summed E-state index contributed by atoms with van der Waals surface area (Å²) in [6, 6.07) is 24.1. The normalized spacial score (nSPS) is 12.0. The molecule has 0 aromatic heterocycles. The van der Waals surface area contributed by atoms with Crippen LogP contribution < -0.4 is 9.62 Å². The molecule has 1 N–H and O–H groups in total. The molecule has 0 saturated heterocycles. The predicted molar refractivity (Wildman–Crippen MR) is 152 cm³/mol. The fourth-order valence-corrected chi connectivity index (χ4v) is 5.03. The molecule has 7 nitrogen and oxygen atoms in total. The van der Waals surface area contributed by atoms with Crippen molar-refractivity contribution >= 4 is 39.1 Å². The van der Waals surface area contributed by atoms with Crippen LogP contribution in [0.5, 0.6) is 0 Å². The van der Waals surface area contributed by atoms with Gasteiger partial charge in [-0.25, -0.2) is 8.42 Å². The summed E-state index contributed by atoms with van der Waals surface area (Å²) in [4.78, 5) is 28.9. The van der Waals surface area contributed by atoms with Crippen molar-refractivity contribution in [3.05, 3.63) is 101 Å². The summed E-state index contributed by atoms with van der Waals surface area (Å²) < 4.78 is 26.5. The first-order valence-electron chi connectivity index (χ1n) is 12.6. The van der Waals surface area contributed by atoms with Crippen LogP contribution in [-0.2, 0) is 32.6 Å². The lowest BCUT2D eigenvalue weighted by atomic mass is 10.0. The predicted octanol–water partition coefficient (Wildman–Crippen LogP) is 4.66. The number of rotatable bonds is 13. The summed E-state index contributed by atoms with van der Waals surface area (Å²) in [7, 11) is -3.78. The van der Waals surface area contributed by atoms with Gasteiger partial charge in [-0.15, -0.1) is 0 Å². The Morgan fingerprint density at radius 2 is 1.50 bits per heavy atom. The minimum absolute atomic E-state index is 0.112. The molecular weight excluding hydrogens is 522 g/mol. The zero-order chi connectivity index (χ0) is 27.5. The van der Waals surface area contributed by atoms with Gasteiger partial charge in [-0.1, -0.05) is 85.6 Å². The molecule has 0 heterocycles. The molecule has 3 aromatic rings. The van der Waals surface area contributed by atoms with E-state index in [4.69, 9.17) is 11.6 Å². The Morgan fingerprint density at radius 3 is 2.08 bits per heavy atom. The van der Waals surface area contributed by atoms with Crippen molar-refractivity contribution in [3.8, 4) is 0 Å². The van der Waals surface area contributed by atoms with E-state index in [0.29, 0.717) is 17.3 Å². The van der Waals surface area contributed by atoms with Crippen LogP contribution in [0.3, 0.4) is 0 Å². The molecule has 0 saturated carbocycles. The molecule has 1 unspecified atom stereocenters. The van der Waals surface area contributed by atoms with Crippen LogP contribution in [0.25, 0.3) is 0 Å². The quantitative estimate of drug-likeness (QED) is 0.311. The SMILES string of the molecule is CCCCNC(=O)C(Cc1ccccc1)N(Cc1ccc(Cl)cc1)C(=O)CN(c1ccccc1)S(C)(=O)=O. The molecule has 0 bridgehead atoms. The standard InChI is InChI=1S/C29H34ClN3O4S/c1-3-4-19-31-29(35)27(20-23-11-7-5-8-12-23)32(21-24-15-17-25(30)18-16-24)28(34)22-33(38(2,36)37)26-13-9-6-10-14-26/h5-18,27H,3-4,19-22H2,1-2H3,(H,31,35). The highest BCUT2D eigenvalue weighted by Gasteiger charge is 2.32. The second-order valence-electron chi connectivity index (χ2n) is 9.10. The summed E-state index contributed by atoms with van der Waals surface area (Å²) in [5, 5.41) is 3.52. The number of halogens is 1. The third-order valence-electron chi connectivity index (χ3n) is 6.09. The van der Waals surface area contributed by atoms with Crippen molar-refractivity contribution in [2.45, 2.75) is 38.8 Å². The van der Waals surface area contributed by atoms with E-state index in [1.807, 2.05) is 37.3 Å². The molecule has 3 aromatic carbocycles. The molecular formula is C29H34ClN3O4S. The highest BCUT2D eigenvalue weighted by Crippen LogP contribution is 2.20. The van der Waals surface area contributed by atoms with E-state index in [1.165, 1.54) is 4.90 Å². The molecule has 9 heteroatoms. The average molecular weight is 556 g/mol. The van der Waals surface area contributed by atoms with Gasteiger partial charge < -0.3 is 10.2 Å². The van der Waals surface area contributed by atoms with Crippen molar-refractivity contribution in [3.63, 3.8) is 0 Å². The number of anilines is 1. The average Bonchev–Trinajstić information content (AvgIpc) is 2.90. The number of amides is 2. The zero-order valence-corrected chi connectivity index (χ0v) is 23.3. The molecule has 0 aliphatic heterocycles. The van der Waals surface area contributed by atoms with Gasteiger partial charge in [0.15, 0.2) is 0 Å². The highest BCUT2D eigenvalue weighted by atomic mass is 35.5. The Balaban J connectivity index is 2.01. The summed E-state index contributed by atoms with van der Waals surface area (Å²) in [6.45, 7) is 2.20. The number of nitrogens with one attached hydrogen (secondary N) is 1. The second kappa shape index (κ2) is 14.0. The van der Waals surface area contributed by atoms with E-state index < -0.39 is 28.5 Å². The molecule has 3 rings (SSSR count). The van der Waals surface area contributed by atoms with Crippen molar-refractivity contribution in [1.82, 2.24) is 10.2 Å². The zero-order valence-electron chi connectivity index (χ0n) is 21.7. The molecule has 1 atom stereocenters. The number of sulfonamides is 1. The number of benzene rings is 3. The number of unbranched alkanes of at least 4 members (excludes halogenated alkanes) is 1. The smallest absolute Gasteiger partial charge is 0.244 e. The highest BCUT2D eigenvalue weighted by molar-refractivity contribution is 7.92. The first kappa shape index (κ1) is 29.2. The van der Waals surface area contributed by atoms with E-state index in [-0.39, 0.29) is 18.9 Å². The Kier molecular flexibility index (Phi) is 10.7. The van der Waals surface area contributed by atoms with Crippen molar-refractivity contribution in [2.24, 2.45) is 0 Å². The Labute approximate surface area is 230 Å². The third-order valence-corrected chi connectivity index (χ3v) is 7.48. The Bertz CT molecular complexity index is 1290. The minimum Gasteiger partial charge on any atom is -0.354 e. The number of carbonyl (C=O) groups excluding carboxylic acids is 2. The van der Waals surface area contributed by atoms with Crippen LogP contribution in [0.15, 0.2) is 84.9 Å². The molecule has 38 heavy (non-hydrogen) atoms. The number of carbonyl (C=O) groups is 2. The van der Waals surface area contributed by atoms with Gasteiger partial charge in [-0.05, 0) is 41.8 Å². The maximum Gasteiger partial charge on any atom is 0.244 e. The van der Waals surface area contributed by atoms with E-state index in [2.05, 4.69) is 5.32 Å². The maximum absolute atomic E-state index is 13.9. The lowest BCUT2D eigenvalue weighted by Gasteiger charge is -2.33. The van der Waals surface area contributed by atoms with Crippen LogP contribution in [0.4, 0.5) is 5.69 Å². The van der Waals surface area contributed by atoms with Crippen molar-refractivity contribution in [1.29, 1.82) is 0 Å². The van der Waals surface area contributed by atoms with Gasteiger partial charge in [0.25, 0.3) is 0 Å². The van der Waals surface area contributed by atoms with Crippen LogP contribution in [0.2, 0.25) is 5.02 Å². The maximum atomic E-state index is 13.9. The van der Waals surface area contributed by atoms with E-state index in [1.54, 1.807) is 54.6 Å². The van der Waals surface area contributed by atoms with Gasteiger partial charge in [-0.3, -0.25) is 13.9 Å². The van der Waals surface area contributed by atoms with Crippen LogP contribution in [0.1, 0.15) is 30.9 Å². The second-order valence-corrected chi connectivity index (χ2v) is 11.4. The third kappa shape index (κ3) is 8.60. The van der Waals surface area contributed by atoms with Gasteiger partial charge >= 0.3 is 0 Å². The summed E-state index contributed by atoms with van der Waals surface area (Å²) in [6.07, 6.45) is 3.07. The summed E-state index contributed by atoms with van der Waals surface area (Å²) >= 11 is 6.07. The van der Waals surface area contributed by atoms with Crippen LogP contribution in [0, 0.1) is 0 Å². The van der Waals surface area contributed by atoms with Crippen LogP contribution >= 0.6 is 11.6 Å². The fraction of sp³-hybridized carbons (Fsp3) is 0.310. The summed E-state index contributed by atoms with van der Waals surface area (Å²) in [5.74, 6) is -0.768. The molecule has 0 aliphatic carbocycles. The molecule has 0 radical (unpaired) electrons.